The van der Waals surface area contributed by atoms with Crippen molar-refractivity contribution in [1.29, 1.82) is 0 Å². The number of methoxy groups -OCH3 is 1. The molecule has 0 saturated heterocycles. The highest BCUT2D eigenvalue weighted by Crippen LogP contribution is 2.16. The molecule has 0 spiro atoms. The van der Waals surface area contributed by atoms with Crippen LogP contribution in [0.4, 0.5) is 0 Å². The van der Waals surface area contributed by atoms with Crippen LogP contribution >= 0.6 is 0 Å². The molecular formula is C15H20NO4+. The standard InChI is InChI=1S/C15H19NO4/c1-18-13-4-6-14(7-5-13)20-11-12(17)9-16-10-15-3-2-8-19-15/h2-8,12,16-17H,9-11H2,1H3/p+1/t12-/m0/s1. The number of ether oxygens (including phenoxy) is 2. The van der Waals surface area contributed by atoms with E-state index in [1.165, 1.54) is 0 Å². The summed E-state index contributed by atoms with van der Waals surface area (Å²) in [6, 6.07) is 11.1. The Morgan fingerprint density at radius 1 is 1.20 bits per heavy atom. The third-order valence-corrected chi connectivity index (χ3v) is 2.87. The van der Waals surface area contributed by atoms with E-state index in [0.29, 0.717) is 13.1 Å². The molecule has 20 heavy (non-hydrogen) atoms. The quantitative estimate of drug-likeness (QED) is 0.749. The predicted molar refractivity (Wildman–Crippen MR) is 73.7 cm³/mol. The molecule has 0 aliphatic carbocycles. The Hall–Kier alpha value is -1.98. The molecule has 3 N–H and O–H groups in total. The van der Waals surface area contributed by atoms with Crippen LogP contribution in [0.25, 0.3) is 0 Å². The fraction of sp³-hybridized carbons (Fsp3) is 0.333. The van der Waals surface area contributed by atoms with Crippen molar-refractivity contribution in [2.45, 2.75) is 12.6 Å². The zero-order chi connectivity index (χ0) is 14.2. The van der Waals surface area contributed by atoms with Gasteiger partial charge in [0.2, 0.25) is 0 Å². The molecule has 0 amide bonds. The first-order valence-corrected chi connectivity index (χ1v) is 6.57. The van der Waals surface area contributed by atoms with Gasteiger partial charge in [-0.1, -0.05) is 0 Å². The van der Waals surface area contributed by atoms with Crippen molar-refractivity contribution in [2.24, 2.45) is 0 Å². The van der Waals surface area contributed by atoms with E-state index < -0.39 is 6.10 Å². The maximum absolute atomic E-state index is 9.83. The van der Waals surface area contributed by atoms with Gasteiger partial charge in [-0.15, -0.1) is 0 Å². The Bertz CT molecular complexity index is 481. The monoisotopic (exact) mass is 278 g/mol. The normalized spacial score (nSPS) is 12.1. The molecule has 0 radical (unpaired) electrons. The Morgan fingerprint density at radius 3 is 2.60 bits per heavy atom. The van der Waals surface area contributed by atoms with Crippen LogP contribution in [0.5, 0.6) is 11.5 Å². The summed E-state index contributed by atoms with van der Waals surface area (Å²) in [7, 11) is 1.62. The summed E-state index contributed by atoms with van der Waals surface area (Å²) in [6.07, 6.45) is 1.12. The summed E-state index contributed by atoms with van der Waals surface area (Å²) < 4.78 is 15.8. The first-order valence-electron chi connectivity index (χ1n) is 6.57. The summed E-state index contributed by atoms with van der Waals surface area (Å²) in [5, 5.41) is 11.8. The van der Waals surface area contributed by atoms with Crippen LogP contribution in [0.3, 0.4) is 0 Å². The van der Waals surface area contributed by atoms with Gasteiger partial charge < -0.3 is 24.3 Å². The molecule has 1 aromatic heterocycles. The molecule has 0 saturated carbocycles. The predicted octanol–water partition coefficient (Wildman–Crippen LogP) is 0.791. The van der Waals surface area contributed by atoms with Gasteiger partial charge in [0.15, 0.2) is 5.76 Å². The minimum Gasteiger partial charge on any atom is -0.497 e. The number of hydrogen-bond donors (Lipinski definition) is 2. The van der Waals surface area contributed by atoms with E-state index in [1.807, 2.05) is 41.7 Å². The van der Waals surface area contributed by atoms with Gasteiger partial charge in [-0.2, -0.15) is 0 Å². The molecule has 2 aromatic rings. The molecule has 108 valence electrons. The number of hydrogen-bond acceptors (Lipinski definition) is 4. The van der Waals surface area contributed by atoms with Crippen LogP contribution in [0, 0.1) is 0 Å². The summed E-state index contributed by atoms with van der Waals surface area (Å²) in [4.78, 5) is 0. The Balaban J connectivity index is 1.65. The van der Waals surface area contributed by atoms with Crippen LogP contribution < -0.4 is 14.8 Å². The minimum atomic E-state index is -0.521. The lowest BCUT2D eigenvalue weighted by atomic mass is 10.3. The maximum Gasteiger partial charge on any atom is 0.157 e. The van der Waals surface area contributed by atoms with Crippen molar-refractivity contribution in [2.75, 3.05) is 20.3 Å². The fourth-order valence-corrected chi connectivity index (χ4v) is 1.78. The summed E-state index contributed by atoms with van der Waals surface area (Å²) in [5.41, 5.74) is 0. The van der Waals surface area contributed by atoms with Gasteiger partial charge in [0, 0.05) is 0 Å². The van der Waals surface area contributed by atoms with E-state index in [2.05, 4.69) is 0 Å². The van der Waals surface area contributed by atoms with Crippen molar-refractivity contribution < 1.29 is 24.3 Å². The number of nitrogens with two attached hydrogens (primary N) is 1. The highest BCUT2D eigenvalue weighted by Gasteiger charge is 2.08. The second kappa shape index (κ2) is 7.57. The van der Waals surface area contributed by atoms with E-state index in [0.717, 1.165) is 17.3 Å². The highest BCUT2D eigenvalue weighted by atomic mass is 16.5. The van der Waals surface area contributed by atoms with E-state index in [1.54, 1.807) is 13.4 Å². The molecule has 0 unspecified atom stereocenters. The van der Waals surface area contributed by atoms with E-state index in [9.17, 15) is 5.11 Å². The first kappa shape index (κ1) is 14.4. The number of quaternary nitrogens is 1. The van der Waals surface area contributed by atoms with Crippen molar-refractivity contribution in [1.82, 2.24) is 0 Å². The van der Waals surface area contributed by atoms with Crippen LogP contribution in [0.1, 0.15) is 5.76 Å². The smallest absolute Gasteiger partial charge is 0.157 e. The van der Waals surface area contributed by atoms with Crippen LogP contribution in [-0.2, 0) is 6.54 Å². The average Bonchev–Trinajstić information content (AvgIpc) is 2.99. The summed E-state index contributed by atoms with van der Waals surface area (Å²) in [6.45, 7) is 1.55. The number of benzene rings is 1. The molecule has 5 heteroatoms. The highest BCUT2D eigenvalue weighted by molar-refractivity contribution is 5.31. The molecule has 1 heterocycles. The molecule has 1 aromatic carbocycles. The van der Waals surface area contributed by atoms with Gasteiger partial charge in [0.1, 0.15) is 37.3 Å². The number of aliphatic hydroxyl groups is 1. The average molecular weight is 278 g/mol. The SMILES string of the molecule is COc1ccc(OC[C@@H](O)C[NH2+]Cc2ccco2)cc1. The Morgan fingerprint density at radius 2 is 1.95 bits per heavy atom. The Labute approximate surface area is 118 Å². The van der Waals surface area contributed by atoms with Crippen molar-refractivity contribution >= 4 is 0 Å². The zero-order valence-electron chi connectivity index (χ0n) is 11.5. The maximum atomic E-state index is 9.83. The third-order valence-electron chi connectivity index (χ3n) is 2.87. The van der Waals surface area contributed by atoms with Crippen molar-refractivity contribution in [3.63, 3.8) is 0 Å². The second-order valence-electron chi connectivity index (χ2n) is 4.45. The van der Waals surface area contributed by atoms with E-state index in [-0.39, 0.29) is 6.61 Å². The first-order chi connectivity index (χ1) is 9.78. The van der Waals surface area contributed by atoms with Crippen LogP contribution in [0.15, 0.2) is 47.1 Å². The van der Waals surface area contributed by atoms with Gasteiger partial charge in [0.25, 0.3) is 0 Å². The number of rotatable bonds is 8. The second-order valence-corrected chi connectivity index (χ2v) is 4.45. The number of aliphatic hydroxyl groups excluding tert-OH is 1. The molecule has 0 aliphatic rings. The molecule has 0 aliphatic heterocycles. The topological polar surface area (TPSA) is 68.4 Å². The van der Waals surface area contributed by atoms with Crippen molar-refractivity contribution in [3.05, 3.63) is 48.4 Å². The molecule has 1 atom stereocenters. The minimum absolute atomic E-state index is 0.265. The largest absolute Gasteiger partial charge is 0.497 e. The molecule has 2 rings (SSSR count). The molecular weight excluding hydrogens is 258 g/mol. The lowest BCUT2D eigenvalue weighted by molar-refractivity contribution is -0.678. The van der Waals surface area contributed by atoms with E-state index >= 15 is 0 Å². The molecule has 5 nitrogen and oxygen atoms in total. The summed E-state index contributed by atoms with van der Waals surface area (Å²) in [5.74, 6) is 2.40. The van der Waals surface area contributed by atoms with Crippen LogP contribution in [0.2, 0.25) is 0 Å². The van der Waals surface area contributed by atoms with Gasteiger partial charge >= 0.3 is 0 Å². The van der Waals surface area contributed by atoms with Crippen LogP contribution in [-0.4, -0.2) is 31.5 Å². The van der Waals surface area contributed by atoms with Gasteiger partial charge in [-0.05, 0) is 36.4 Å². The lowest BCUT2D eigenvalue weighted by Gasteiger charge is -2.11. The third kappa shape index (κ3) is 4.60. The van der Waals surface area contributed by atoms with Gasteiger partial charge in [-0.25, -0.2) is 0 Å². The molecule has 0 fully saturated rings. The van der Waals surface area contributed by atoms with Gasteiger partial charge in [-0.3, -0.25) is 0 Å². The van der Waals surface area contributed by atoms with E-state index in [4.69, 9.17) is 13.9 Å². The Kier molecular flexibility index (Phi) is 5.46. The lowest BCUT2D eigenvalue weighted by Crippen LogP contribution is -2.85. The van der Waals surface area contributed by atoms with Gasteiger partial charge in [0.05, 0.1) is 13.4 Å². The molecule has 0 bridgehead atoms. The summed E-state index contributed by atoms with van der Waals surface area (Å²) >= 11 is 0. The van der Waals surface area contributed by atoms with Crippen molar-refractivity contribution in [3.8, 4) is 11.5 Å². The number of furan rings is 1. The zero-order valence-corrected chi connectivity index (χ0v) is 11.5. The fourth-order valence-electron chi connectivity index (χ4n) is 1.78.